The van der Waals surface area contributed by atoms with Gasteiger partial charge in [-0.2, -0.15) is 0 Å². The van der Waals surface area contributed by atoms with Gasteiger partial charge >= 0.3 is 0 Å². The number of ether oxygens (including phenoxy) is 1. The molecule has 0 radical (unpaired) electrons. The number of ketones is 1. The van der Waals surface area contributed by atoms with Gasteiger partial charge < -0.3 is 4.74 Å². The van der Waals surface area contributed by atoms with Gasteiger partial charge in [-0.15, -0.1) is 0 Å². The number of hydrogen-bond donors (Lipinski definition) is 0. The van der Waals surface area contributed by atoms with Crippen molar-refractivity contribution < 1.29 is 9.53 Å². The lowest BCUT2D eigenvalue weighted by Gasteiger charge is -2.07. The van der Waals surface area contributed by atoms with Crippen LogP contribution in [0.25, 0.3) is 0 Å². The molecule has 0 saturated heterocycles. The third-order valence-corrected chi connectivity index (χ3v) is 3.48. The molecule has 98 valence electrons. The highest BCUT2D eigenvalue weighted by molar-refractivity contribution is 9.10. The zero-order valence-corrected chi connectivity index (χ0v) is 12.5. The smallest absolute Gasteiger partial charge is 0.224 e. The molecule has 0 aliphatic rings. The first-order valence-electron chi connectivity index (χ1n) is 5.58. The van der Waals surface area contributed by atoms with Crippen molar-refractivity contribution in [2.24, 2.45) is 0 Å². The number of nitrogens with zero attached hydrogens (tertiary/aromatic N) is 1. The van der Waals surface area contributed by atoms with E-state index >= 15 is 0 Å². The Kier molecular flexibility index (Phi) is 4.56. The highest BCUT2D eigenvalue weighted by Crippen LogP contribution is 2.24. The van der Waals surface area contributed by atoms with E-state index < -0.39 is 0 Å². The summed E-state index contributed by atoms with van der Waals surface area (Å²) in [5.41, 5.74) is 1.24. The molecular formula is C14H11BrClNO2. The molecule has 0 aliphatic heterocycles. The maximum atomic E-state index is 12.2. The van der Waals surface area contributed by atoms with Crippen LogP contribution in [0.5, 0.6) is 5.88 Å². The Labute approximate surface area is 124 Å². The zero-order valence-electron chi connectivity index (χ0n) is 10.2. The molecule has 1 heterocycles. The summed E-state index contributed by atoms with van der Waals surface area (Å²) >= 11 is 9.44. The highest BCUT2D eigenvalue weighted by Gasteiger charge is 2.14. The van der Waals surface area contributed by atoms with E-state index in [1.54, 1.807) is 24.4 Å². The van der Waals surface area contributed by atoms with E-state index in [1.807, 2.05) is 12.1 Å². The van der Waals surface area contributed by atoms with Crippen LogP contribution in [0.4, 0.5) is 0 Å². The topological polar surface area (TPSA) is 39.2 Å². The van der Waals surface area contributed by atoms with Gasteiger partial charge in [0.05, 0.1) is 12.7 Å². The summed E-state index contributed by atoms with van der Waals surface area (Å²) in [4.78, 5) is 16.3. The molecule has 0 N–H and O–H groups in total. The maximum absolute atomic E-state index is 12.2. The average Bonchev–Trinajstić information content (AvgIpc) is 2.41. The fourth-order valence-electron chi connectivity index (χ4n) is 1.70. The normalized spacial score (nSPS) is 10.3. The summed E-state index contributed by atoms with van der Waals surface area (Å²) in [6, 6.07) is 8.85. The molecule has 0 unspecified atom stereocenters. The third kappa shape index (κ3) is 3.33. The van der Waals surface area contributed by atoms with Crippen molar-refractivity contribution in [3.63, 3.8) is 0 Å². The molecular weight excluding hydrogens is 330 g/mol. The molecule has 2 rings (SSSR count). The quantitative estimate of drug-likeness (QED) is 0.792. The van der Waals surface area contributed by atoms with Crippen molar-refractivity contribution in [1.82, 2.24) is 4.98 Å². The van der Waals surface area contributed by atoms with E-state index in [1.165, 1.54) is 7.11 Å². The molecule has 1 aromatic carbocycles. The van der Waals surface area contributed by atoms with E-state index in [9.17, 15) is 4.79 Å². The van der Waals surface area contributed by atoms with Crippen molar-refractivity contribution in [1.29, 1.82) is 0 Å². The number of rotatable bonds is 4. The monoisotopic (exact) mass is 339 g/mol. The van der Waals surface area contributed by atoms with Crippen LogP contribution in [0.2, 0.25) is 5.02 Å². The number of carbonyl (C=O) groups excluding carboxylic acids is 1. The third-order valence-electron chi connectivity index (χ3n) is 2.63. The molecule has 1 aromatic heterocycles. The molecule has 0 fully saturated rings. The summed E-state index contributed by atoms with van der Waals surface area (Å²) in [6.07, 6.45) is 1.80. The lowest BCUT2D eigenvalue weighted by molar-refractivity contribution is 0.0989. The molecule has 0 bridgehead atoms. The minimum Gasteiger partial charge on any atom is -0.480 e. The number of pyridine rings is 1. The number of carbonyl (C=O) groups is 1. The van der Waals surface area contributed by atoms with Crippen LogP contribution in [0, 0.1) is 0 Å². The molecule has 5 heteroatoms. The summed E-state index contributed by atoms with van der Waals surface area (Å²) < 4.78 is 5.96. The van der Waals surface area contributed by atoms with E-state index in [0.717, 1.165) is 10.0 Å². The van der Waals surface area contributed by atoms with E-state index in [2.05, 4.69) is 20.9 Å². The fraction of sp³-hybridized carbons (Fsp3) is 0.143. The molecule has 19 heavy (non-hydrogen) atoms. The standard InChI is InChI=1S/C14H11BrClNO2/c1-19-14-11(3-2-6-17-14)13(18)7-9-4-5-10(15)8-12(9)16/h2-6,8H,7H2,1H3. The zero-order chi connectivity index (χ0) is 13.8. The van der Waals surface area contributed by atoms with Crippen LogP contribution in [0.15, 0.2) is 41.0 Å². The van der Waals surface area contributed by atoms with Gasteiger partial charge in [0.25, 0.3) is 0 Å². The van der Waals surface area contributed by atoms with Crippen LogP contribution in [-0.4, -0.2) is 17.9 Å². The largest absolute Gasteiger partial charge is 0.480 e. The SMILES string of the molecule is COc1ncccc1C(=O)Cc1ccc(Br)cc1Cl. The number of benzene rings is 1. The van der Waals surface area contributed by atoms with Crippen LogP contribution in [0.3, 0.4) is 0 Å². The van der Waals surface area contributed by atoms with Gasteiger partial charge in [-0.1, -0.05) is 33.6 Å². The Balaban J connectivity index is 2.26. The van der Waals surface area contributed by atoms with Crippen LogP contribution in [0.1, 0.15) is 15.9 Å². The molecule has 0 saturated carbocycles. The second-order valence-corrected chi connectivity index (χ2v) is 5.22. The summed E-state index contributed by atoms with van der Waals surface area (Å²) in [5, 5.41) is 0.561. The Morgan fingerprint density at radius 3 is 2.89 bits per heavy atom. The van der Waals surface area contributed by atoms with Crippen LogP contribution in [-0.2, 0) is 6.42 Å². The Morgan fingerprint density at radius 2 is 2.21 bits per heavy atom. The first-order valence-corrected chi connectivity index (χ1v) is 6.75. The fourth-order valence-corrected chi connectivity index (χ4v) is 2.44. The lowest BCUT2D eigenvalue weighted by atomic mass is 10.0. The van der Waals surface area contributed by atoms with Crippen LogP contribution >= 0.6 is 27.5 Å². The first kappa shape index (κ1) is 14.0. The molecule has 0 amide bonds. The minimum atomic E-state index is -0.0748. The van der Waals surface area contributed by atoms with Gasteiger partial charge in [0, 0.05) is 22.1 Å². The predicted molar refractivity (Wildman–Crippen MR) is 78.0 cm³/mol. The summed E-state index contributed by atoms with van der Waals surface area (Å²) in [7, 11) is 1.49. The highest BCUT2D eigenvalue weighted by atomic mass is 79.9. The van der Waals surface area contributed by atoms with Crippen molar-refractivity contribution in [2.75, 3.05) is 7.11 Å². The molecule has 2 aromatic rings. The van der Waals surface area contributed by atoms with Gasteiger partial charge in [0.2, 0.25) is 5.88 Å². The van der Waals surface area contributed by atoms with E-state index in [0.29, 0.717) is 16.5 Å². The van der Waals surface area contributed by atoms with Gasteiger partial charge in [0.1, 0.15) is 0 Å². The molecule has 0 aliphatic carbocycles. The molecule has 3 nitrogen and oxygen atoms in total. The average molecular weight is 341 g/mol. The first-order chi connectivity index (χ1) is 9.11. The van der Waals surface area contributed by atoms with Gasteiger partial charge in [0.15, 0.2) is 5.78 Å². The maximum Gasteiger partial charge on any atom is 0.224 e. The summed E-state index contributed by atoms with van der Waals surface area (Å²) in [6.45, 7) is 0. The number of hydrogen-bond acceptors (Lipinski definition) is 3. The van der Waals surface area contributed by atoms with Crippen molar-refractivity contribution >= 4 is 33.3 Å². The van der Waals surface area contributed by atoms with Gasteiger partial charge in [-0.25, -0.2) is 4.98 Å². The van der Waals surface area contributed by atoms with E-state index in [-0.39, 0.29) is 12.2 Å². The number of halogens is 2. The Bertz CT molecular complexity index is 616. The van der Waals surface area contributed by atoms with Gasteiger partial charge in [-0.05, 0) is 29.8 Å². The molecule has 0 spiro atoms. The lowest BCUT2D eigenvalue weighted by Crippen LogP contribution is -2.07. The van der Waals surface area contributed by atoms with Crippen LogP contribution < -0.4 is 4.74 Å². The number of methoxy groups -OCH3 is 1. The molecule has 0 atom stereocenters. The second-order valence-electron chi connectivity index (χ2n) is 3.90. The number of aromatic nitrogens is 1. The second kappa shape index (κ2) is 6.17. The summed E-state index contributed by atoms with van der Waals surface area (Å²) in [5.74, 6) is 0.259. The Morgan fingerprint density at radius 1 is 1.42 bits per heavy atom. The predicted octanol–water partition coefficient (Wildman–Crippen LogP) is 3.93. The Hall–Kier alpha value is -1.39. The van der Waals surface area contributed by atoms with E-state index in [4.69, 9.17) is 16.3 Å². The van der Waals surface area contributed by atoms with Crippen molar-refractivity contribution in [3.8, 4) is 5.88 Å². The minimum absolute atomic E-state index is 0.0748. The van der Waals surface area contributed by atoms with Crippen molar-refractivity contribution in [2.45, 2.75) is 6.42 Å². The number of Topliss-reactive ketones (excluding diaryl/α,β-unsaturated/α-hetero) is 1. The van der Waals surface area contributed by atoms with Gasteiger partial charge in [-0.3, -0.25) is 4.79 Å². The van der Waals surface area contributed by atoms with Crippen molar-refractivity contribution in [3.05, 3.63) is 57.2 Å².